The molecule has 0 unspecified atom stereocenters. The summed E-state index contributed by atoms with van der Waals surface area (Å²) in [5, 5.41) is 0. The van der Waals surface area contributed by atoms with Crippen LogP contribution in [0.2, 0.25) is 0 Å². The van der Waals surface area contributed by atoms with Crippen LogP contribution in [0.15, 0.2) is 22.7 Å². The standard InChI is InChI=1S/C12H12BrNO2/c1-2-16-12(15)5-3-4-9-6-7-10(13)8-11(9)14/h6-8H,2,5,14H2,1H3. The molecular formula is C12H12BrNO2. The minimum Gasteiger partial charge on any atom is -0.465 e. The van der Waals surface area contributed by atoms with Gasteiger partial charge < -0.3 is 10.5 Å². The van der Waals surface area contributed by atoms with Crippen molar-refractivity contribution in [3.63, 3.8) is 0 Å². The van der Waals surface area contributed by atoms with Crippen LogP contribution in [0.4, 0.5) is 5.69 Å². The highest BCUT2D eigenvalue weighted by Gasteiger charge is 1.98. The van der Waals surface area contributed by atoms with Crippen molar-refractivity contribution < 1.29 is 9.53 Å². The lowest BCUT2D eigenvalue weighted by atomic mass is 10.2. The van der Waals surface area contributed by atoms with Gasteiger partial charge in [-0.25, -0.2) is 0 Å². The Bertz CT molecular complexity index is 446. The van der Waals surface area contributed by atoms with Gasteiger partial charge in [-0.05, 0) is 25.1 Å². The minimum atomic E-state index is -0.314. The maximum atomic E-state index is 11.0. The molecule has 0 saturated heterocycles. The van der Waals surface area contributed by atoms with Crippen LogP contribution in [0.3, 0.4) is 0 Å². The molecule has 0 aliphatic heterocycles. The van der Waals surface area contributed by atoms with Crippen molar-refractivity contribution in [2.24, 2.45) is 0 Å². The van der Waals surface area contributed by atoms with Crippen LogP contribution in [0.1, 0.15) is 18.9 Å². The van der Waals surface area contributed by atoms with E-state index in [1.54, 1.807) is 19.1 Å². The first-order valence-corrected chi connectivity index (χ1v) is 5.62. The van der Waals surface area contributed by atoms with Gasteiger partial charge in [-0.2, -0.15) is 0 Å². The van der Waals surface area contributed by atoms with Crippen LogP contribution in [0, 0.1) is 11.8 Å². The fourth-order valence-corrected chi connectivity index (χ4v) is 1.45. The van der Waals surface area contributed by atoms with Gasteiger partial charge >= 0.3 is 5.97 Å². The quantitative estimate of drug-likeness (QED) is 0.514. The third-order valence-electron chi connectivity index (χ3n) is 1.77. The molecule has 0 aliphatic rings. The van der Waals surface area contributed by atoms with Crippen LogP contribution < -0.4 is 5.73 Å². The van der Waals surface area contributed by atoms with Gasteiger partial charge in [0, 0.05) is 15.7 Å². The molecule has 84 valence electrons. The summed E-state index contributed by atoms with van der Waals surface area (Å²) in [6, 6.07) is 5.43. The molecule has 1 rings (SSSR count). The second-order valence-electron chi connectivity index (χ2n) is 3.02. The van der Waals surface area contributed by atoms with Crippen molar-refractivity contribution in [3.05, 3.63) is 28.2 Å². The second kappa shape index (κ2) is 6.19. The number of benzene rings is 1. The molecule has 4 heteroatoms. The van der Waals surface area contributed by atoms with Gasteiger partial charge in [0.2, 0.25) is 0 Å². The Balaban J connectivity index is 2.66. The van der Waals surface area contributed by atoms with Gasteiger partial charge in [-0.3, -0.25) is 4.79 Å². The van der Waals surface area contributed by atoms with E-state index in [0.717, 1.165) is 4.47 Å². The second-order valence-corrected chi connectivity index (χ2v) is 3.93. The molecule has 1 aromatic carbocycles. The number of rotatable bonds is 2. The molecule has 0 fully saturated rings. The zero-order valence-corrected chi connectivity index (χ0v) is 10.5. The summed E-state index contributed by atoms with van der Waals surface area (Å²) in [6.07, 6.45) is 0.0867. The van der Waals surface area contributed by atoms with E-state index >= 15 is 0 Å². The first-order valence-electron chi connectivity index (χ1n) is 4.83. The number of carbonyl (C=O) groups excluding carboxylic acids is 1. The maximum absolute atomic E-state index is 11.0. The number of halogens is 1. The average Bonchev–Trinajstić information content (AvgIpc) is 2.22. The number of ether oxygens (including phenoxy) is 1. The Hall–Kier alpha value is -1.47. The topological polar surface area (TPSA) is 52.3 Å². The third-order valence-corrected chi connectivity index (χ3v) is 2.27. The van der Waals surface area contributed by atoms with E-state index in [-0.39, 0.29) is 12.4 Å². The lowest BCUT2D eigenvalue weighted by molar-refractivity contribution is -0.141. The summed E-state index contributed by atoms with van der Waals surface area (Å²) in [7, 11) is 0. The van der Waals surface area contributed by atoms with Gasteiger partial charge in [0.25, 0.3) is 0 Å². The van der Waals surface area contributed by atoms with E-state index in [0.29, 0.717) is 17.9 Å². The molecule has 0 saturated carbocycles. The van der Waals surface area contributed by atoms with Gasteiger partial charge in [-0.15, -0.1) is 0 Å². The summed E-state index contributed by atoms with van der Waals surface area (Å²) >= 11 is 3.31. The smallest absolute Gasteiger partial charge is 0.317 e. The summed E-state index contributed by atoms with van der Waals surface area (Å²) < 4.78 is 5.65. The molecule has 0 radical (unpaired) electrons. The van der Waals surface area contributed by atoms with Crippen molar-refractivity contribution in [2.45, 2.75) is 13.3 Å². The van der Waals surface area contributed by atoms with Crippen molar-refractivity contribution in [3.8, 4) is 11.8 Å². The van der Waals surface area contributed by atoms with Gasteiger partial charge in [0.05, 0.1) is 6.61 Å². The summed E-state index contributed by atoms with van der Waals surface area (Å²) in [5.74, 6) is 5.25. The lowest BCUT2D eigenvalue weighted by Crippen LogP contribution is -2.01. The number of hydrogen-bond donors (Lipinski definition) is 1. The number of nitrogen functional groups attached to an aromatic ring is 1. The van der Waals surface area contributed by atoms with Crippen LogP contribution >= 0.6 is 15.9 Å². The monoisotopic (exact) mass is 281 g/mol. The van der Waals surface area contributed by atoms with E-state index in [9.17, 15) is 4.79 Å². The first kappa shape index (κ1) is 12.6. The number of anilines is 1. The molecule has 0 heterocycles. The molecule has 0 spiro atoms. The highest BCUT2D eigenvalue weighted by molar-refractivity contribution is 9.10. The van der Waals surface area contributed by atoms with Crippen molar-refractivity contribution in [2.75, 3.05) is 12.3 Å². The Labute approximate surface area is 103 Å². The molecule has 1 aromatic rings. The van der Waals surface area contributed by atoms with E-state index < -0.39 is 0 Å². The van der Waals surface area contributed by atoms with Crippen molar-refractivity contribution in [1.82, 2.24) is 0 Å². The Morgan fingerprint density at radius 2 is 2.31 bits per heavy atom. The molecule has 3 nitrogen and oxygen atoms in total. The molecule has 0 atom stereocenters. The van der Waals surface area contributed by atoms with E-state index in [1.807, 2.05) is 6.07 Å². The highest BCUT2D eigenvalue weighted by Crippen LogP contribution is 2.17. The van der Waals surface area contributed by atoms with Crippen LogP contribution in [-0.4, -0.2) is 12.6 Å². The third kappa shape index (κ3) is 3.95. The Morgan fingerprint density at radius 3 is 2.94 bits per heavy atom. The molecule has 0 aromatic heterocycles. The average molecular weight is 282 g/mol. The zero-order valence-electron chi connectivity index (χ0n) is 8.92. The molecule has 0 amide bonds. The molecular weight excluding hydrogens is 270 g/mol. The molecule has 16 heavy (non-hydrogen) atoms. The fraction of sp³-hybridized carbons (Fsp3) is 0.250. The number of esters is 1. The van der Waals surface area contributed by atoms with Gasteiger partial charge in [0.15, 0.2) is 0 Å². The number of carbonyl (C=O) groups is 1. The predicted octanol–water partition coefficient (Wildman–Crippen LogP) is 2.34. The van der Waals surface area contributed by atoms with E-state index in [2.05, 4.69) is 27.8 Å². The normalized spacial score (nSPS) is 9.12. The van der Waals surface area contributed by atoms with E-state index in [1.165, 1.54) is 0 Å². The predicted molar refractivity (Wildman–Crippen MR) is 66.7 cm³/mol. The van der Waals surface area contributed by atoms with Crippen LogP contribution in [-0.2, 0) is 9.53 Å². The Kier molecular flexibility index (Phi) is 4.87. The summed E-state index contributed by atoms with van der Waals surface area (Å²) in [4.78, 5) is 11.0. The van der Waals surface area contributed by atoms with Crippen LogP contribution in [0.5, 0.6) is 0 Å². The highest BCUT2D eigenvalue weighted by atomic mass is 79.9. The molecule has 0 bridgehead atoms. The summed E-state index contributed by atoms with van der Waals surface area (Å²) in [6.45, 7) is 2.14. The van der Waals surface area contributed by atoms with Crippen molar-refractivity contribution >= 4 is 27.6 Å². The van der Waals surface area contributed by atoms with Crippen molar-refractivity contribution in [1.29, 1.82) is 0 Å². The Morgan fingerprint density at radius 1 is 1.56 bits per heavy atom. The number of hydrogen-bond acceptors (Lipinski definition) is 3. The molecule has 0 aliphatic carbocycles. The van der Waals surface area contributed by atoms with Gasteiger partial charge in [0.1, 0.15) is 6.42 Å². The fourth-order valence-electron chi connectivity index (χ4n) is 1.07. The lowest BCUT2D eigenvalue weighted by Gasteiger charge is -1.98. The van der Waals surface area contributed by atoms with E-state index in [4.69, 9.17) is 10.5 Å². The number of nitrogens with two attached hydrogens (primary N) is 1. The SMILES string of the molecule is CCOC(=O)CC#Cc1ccc(Br)cc1N. The maximum Gasteiger partial charge on any atom is 0.317 e. The molecule has 2 N–H and O–H groups in total. The first-order chi connectivity index (χ1) is 7.63. The zero-order chi connectivity index (χ0) is 12.0. The van der Waals surface area contributed by atoms with Crippen LogP contribution in [0.25, 0.3) is 0 Å². The minimum absolute atomic E-state index is 0.0867. The van der Waals surface area contributed by atoms with Gasteiger partial charge in [-0.1, -0.05) is 27.8 Å². The summed E-state index contributed by atoms with van der Waals surface area (Å²) in [5.41, 5.74) is 7.05. The largest absolute Gasteiger partial charge is 0.465 e.